The fourth-order valence-corrected chi connectivity index (χ4v) is 4.84. The number of aromatic nitrogens is 2. The van der Waals surface area contributed by atoms with Crippen LogP contribution >= 0.6 is 0 Å². The minimum absolute atomic E-state index is 0.551. The van der Waals surface area contributed by atoms with E-state index < -0.39 is 0 Å². The third kappa shape index (κ3) is 7.65. The lowest BCUT2D eigenvalue weighted by molar-refractivity contribution is 0.248. The molecule has 0 aromatic carbocycles. The summed E-state index contributed by atoms with van der Waals surface area (Å²) in [6.45, 7) is 21.5. The number of likely N-dealkylation sites (tertiary alicyclic amines) is 1. The molecule has 1 fully saturated rings. The summed E-state index contributed by atoms with van der Waals surface area (Å²) in [5.41, 5.74) is 15.0. The van der Waals surface area contributed by atoms with E-state index in [-0.39, 0.29) is 0 Å². The van der Waals surface area contributed by atoms with Gasteiger partial charge in [-0.1, -0.05) is 68.7 Å². The van der Waals surface area contributed by atoms with Crippen LogP contribution in [0.15, 0.2) is 113 Å². The van der Waals surface area contributed by atoms with E-state index in [2.05, 4.69) is 71.1 Å². The number of piperidine rings is 1. The number of nitrogens with one attached hydrogen (secondary N) is 1. The molecule has 200 valence electrons. The zero-order valence-electron chi connectivity index (χ0n) is 23.4. The number of allylic oxidation sites excluding steroid dienone is 11. The summed E-state index contributed by atoms with van der Waals surface area (Å²) in [6, 6.07) is 0. The molecular weight excluding hydrogens is 466 g/mol. The molecule has 3 N–H and O–H groups in total. The normalized spacial score (nSPS) is 18.1. The number of hydrogen-bond donors (Lipinski definition) is 2. The number of aliphatic imine (C=N–C) groups is 1. The highest BCUT2D eigenvalue weighted by molar-refractivity contribution is 6.14. The summed E-state index contributed by atoms with van der Waals surface area (Å²) in [5, 5.41) is 0. The zero-order valence-corrected chi connectivity index (χ0v) is 23.4. The van der Waals surface area contributed by atoms with E-state index in [0.717, 1.165) is 71.3 Å². The van der Waals surface area contributed by atoms with Crippen LogP contribution in [0.2, 0.25) is 0 Å². The van der Waals surface area contributed by atoms with Gasteiger partial charge in [0.1, 0.15) is 11.5 Å². The summed E-state index contributed by atoms with van der Waals surface area (Å²) < 4.78 is 0. The van der Waals surface area contributed by atoms with Gasteiger partial charge < -0.3 is 10.7 Å². The average Bonchev–Trinajstić information content (AvgIpc) is 3.59. The van der Waals surface area contributed by atoms with E-state index in [1.807, 2.05) is 32.9 Å². The van der Waals surface area contributed by atoms with Crippen molar-refractivity contribution < 1.29 is 0 Å². The van der Waals surface area contributed by atoms with E-state index >= 15 is 0 Å². The van der Waals surface area contributed by atoms with Gasteiger partial charge in [0.25, 0.3) is 0 Å². The molecule has 1 aliphatic carbocycles. The summed E-state index contributed by atoms with van der Waals surface area (Å²) >= 11 is 0. The molecular formula is C33H43N5. The Kier molecular flexibility index (Phi) is 10.9. The standard InChI is InChI=1S/C33H43N5/c1-7-26(23-38-18-14-11-15-19-38)21-27(8-2)24(5)20-29(30(34)9-3)22-31-36-25(6)32(37-31)33(35-10-4)28-16-12-13-17-28/h7-10,12,16-17,20-21H,1,4-5,11,13-15,18-19,22-23,34H2,2-3,6H3,(H,36,37)/b26-21+,27-8+,29-20-,30-9+,35-33?. The SMILES string of the molecule is C=CN=C(C1=CCC=C1)c1nc(CC(=C/C(=C)C(/C=C(\C=C)CN2CCCCC2)=C/C)/C(N)=C\C)[nH]c1C. The lowest BCUT2D eigenvalue weighted by Crippen LogP contribution is -2.31. The largest absolute Gasteiger partial charge is 0.399 e. The first-order valence-corrected chi connectivity index (χ1v) is 13.5. The second kappa shape index (κ2) is 14.3. The van der Waals surface area contributed by atoms with E-state index in [4.69, 9.17) is 10.7 Å². The van der Waals surface area contributed by atoms with Crippen molar-refractivity contribution in [3.8, 4) is 0 Å². The van der Waals surface area contributed by atoms with Crippen molar-refractivity contribution in [2.24, 2.45) is 10.7 Å². The van der Waals surface area contributed by atoms with E-state index in [9.17, 15) is 0 Å². The Morgan fingerprint density at radius 1 is 1.16 bits per heavy atom. The molecule has 38 heavy (non-hydrogen) atoms. The molecule has 1 aromatic heterocycles. The van der Waals surface area contributed by atoms with Crippen molar-refractivity contribution in [1.82, 2.24) is 14.9 Å². The average molecular weight is 510 g/mol. The second-order valence-corrected chi connectivity index (χ2v) is 9.73. The summed E-state index contributed by atoms with van der Waals surface area (Å²) in [4.78, 5) is 15.4. The second-order valence-electron chi connectivity index (χ2n) is 9.73. The minimum atomic E-state index is 0.551. The zero-order chi connectivity index (χ0) is 27.5. The Labute approximate surface area is 229 Å². The Bertz CT molecular complexity index is 1250. The Morgan fingerprint density at radius 2 is 1.92 bits per heavy atom. The topological polar surface area (TPSA) is 70.3 Å². The summed E-state index contributed by atoms with van der Waals surface area (Å²) in [7, 11) is 0. The number of aromatic amines is 1. The maximum absolute atomic E-state index is 6.46. The van der Waals surface area contributed by atoms with Crippen molar-refractivity contribution in [2.75, 3.05) is 19.6 Å². The molecule has 1 aliphatic heterocycles. The van der Waals surface area contributed by atoms with Crippen LogP contribution in [0.5, 0.6) is 0 Å². The minimum Gasteiger partial charge on any atom is -0.399 e. The Balaban J connectivity index is 1.85. The number of nitrogens with zero attached hydrogens (tertiary/aromatic N) is 3. The molecule has 0 bridgehead atoms. The highest BCUT2D eigenvalue weighted by Gasteiger charge is 2.18. The molecule has 2 aliphatic rings. The molecule has 1 aromatic rings. The van der Waals surface area contributed by atoms with Gasteiger partial charge in [0.2, 0.25) is 0 Å². The molecule has 5 heteroatoms. The van der Waals surface area contributed by atoms with Crippen LogP contribution in [0.1, 0.15) is 56.7 Å². The summed E-state index contributed by atoms with van der Waals surface area (Å²) in [6.07, 6.45) is 23.5. The van der Waals surface area contributed by atoms with Gasteiger partial charge in [-0.25, -0.2) is 4.98 Å². The van der Waals surface area contributed by atoms with Gasteiger partial charge >= 0.3 is 0 Å². The van der Waals surface area contributed by atoms with Crippen molar-refractivity contribution in [1.29, 1.82) is 0 Å². The van der Waals surface area contributed by atoms with Crippen LogP contribution in [0.25, 0.3) is 0 Å². The number of nitrogens with two attached hydrogens (primary N) is 1. The third-order valence-corrected chi connectivity index (χ3v) is 6.95. The van der Waals surface area contributed by atoms with Gasteiger partial charge in [0.15, 0.2) is 0 Å². The van der Waals surface area contributed by atoms with Gasteiger partial charge in [-0.15, -0.1) is 0 Å². The summed E-state index contributed by atoms with van der Waals surface area (Å²) in [5.74, 6) is 0.829. The van der Waals surface area contributed by atoms with Crippen LogP contribution in [0, 0.1) is 6.92 Å². The predicted octanol–water partition coefficient (Wildman–Crippen LogP) is 6.97. The monoisotopic (exact) mass is 509 g/mol. The predicted molar refractivity (Wildman–Crippen MR) is 163 cm³/mol. The number of hydrogen-bond acceptors (Lipinski definition) is 4. The maximum Gasteiger partial charge on any atom is 0.111 e. The Morgan fingerprint density at radius 3 is 2.53 bits per heavy atom. The highest BCUT2D eigenvalue weighted by Crippen LogP contribution is 2.23. The van der Waals surface area contributed by atoms with Gasteiger partial charge in [0.05, 0.1) is 5.71 Å². The quantitative estimate of drug-likeness (QED) is 0.236. The molecule has 0 radical (unpaired) electrons. The third-order valence-electron chi connectivity index (χ3n) is 6.95. The van der Waals surface area contributed by atoms with Crippen molar-refractivity contribution >= 4 is 5.71 Å². The van der Waals surface area contributed by atoms with Gasteiger partial charge in [-0.05, 0) is 87.1 Å². The molecule has 0 unspecified atom stereocenters. The first-order chi connectivity index (χ1) is 18.4. The van der Waals surface area contributed by atoms with Crippen LogP contribution in [-0.2, 0) is 6.42 Å². The number of rotatable bonds is 12. The lowest BCUT2D eigenvalue weighted by Gasteiger charge is -2.26. The van der Waals surface area contributed by atoms with E-state index in [1.54, 1.807) is 6.20 Å². The molecule has 0 saturated carbocycles. The van der Waals surface area contributed by atoms with Crippen LogP contribution < -0.4 is 5.73 Å². The lowest BCUT2D eigenvalue weighted by atomic mass is 9.98. The fraction of sp³-hybridized carbons (Fsp3) is 0.333. The maximum atomic E-state index is 6.46. The van der Waals surface area contributed by atoms with E-state index in [0.29, 0.717) is 12.1 Å². The molecule has 0 amide bonds. The smallest absolute Gasteiger partial charge is 0.111 e. The van der Waals surface area contributed by atoms with E-state index in [1.165, 1.54) is 24.8 Å². The van der Waals surface area contributed by atoms with Gasteiger partial charge in [-0.3, -0.25) is 9.89 Å². The van der Waals surface area contributed by atoms with Crippen molar-refractivity contribution in [2.45, 2.75) is 52.9 Å². The van der Waals surface area contributed by atoms with Crippen molar-refractivity contribution in [3.63, 3.8) is 0 Å². The number of H-pyrrole nitrogens is 1. The molecule has 2 heterocycles. The highest BCUT2D eigenvalue weighted by atomic mass is 15.1. The number of aryl methyl sites for hydroxylation is 1. The van der Waals surface area contributed by atoms with Crippen LogP contribution in [0.4, 0.5) is 0 Å². The molecule has 5 nitrogen and oxygen atoms in total. The van der Waals surface area contributed by atoms with Gasteiger partial charge in [-0.2, -0.15) is 0 Å². The Hall–Kier alpha value is -3.70. The van der Waals surface area contributed by atoms with Crippen molar-refractivity contribution in [3.05, 3.63) is 125 Å². The van der Waals surface area contributed by atoms with Gasteiger partial charge in [0, 0.05) is 30.6 Å². The number of imidazole rings is 1. The molecule has 1 saturated heterocycles. The first kappa shape index (κ1) is 28.9. The molecule has 0 spiro atoms. The fourth-order valence-electron chi connectivity index (χ4n) is 4.84. The molecule has 0 atom stereocenters. The van der Waals surface area contributed by atoms with Crippen LogP contribution in [0.3, 0.4) is 0 Å². The van der Waals surface area contributed by atoms with Crippen LogP contribution in [-0.4, -0.2) is 40.2 Å². The first-order valence-electron chi connectivity index (χ1n) is 13.5. The molecule has 3 rings (SSSR count).